The summed E-state index contributed by atoms with van der Waals surface area (Å²) in [5.41, 5.74) is 5.07. The van der Waals surface area contributed by atoms with Crippen molar-refractivity contribution in [2.24, 2.45) is 5.92 Å². The van der Waals surface area contributed by atoms with E-state index in [4.69, 9.17) is 0 Å². The Bertz CT molecular complexity index is 888. The third-order valence-electron chi connectivity index (χ3n) is 6.13. The van der Waals surface area contributed by atoms with Gasteiger partial charge >= 0.3 is 0 Å². The molecule has 156 valence electrons. The summed E-state index contributed by atoms with van der Waals surface area (Å²) in [6.45, 7) is 13.0. The topological polar surface area (TPSA) is 45.6 Å². The quantitative estimate of drug-likeness (QED) is 0.764. The number of rotatable bonds is 5. The van der Waals surface area contributed by atoms with Gasteiger partial charge in [-0.2, -0.15) is 0 Å². The van der Waals surface area contributed by atoms with Crippen LogP contribution in [0.25, 0.3) is 5.69 Å². The molecular formula is C24H33N3O2. The fourth-order valence-electron chi connectivity index (χ4n) is 4.44. The van der Waals surface area contributed by atoms with Gasteiger partial charge in [-0.15, -0.1) is 0 Å². The van der Waals surface area contributed by atoms with Gasteiger partial charge in [0, 0.05) is 49.2 Å². The zero-order valence-electron chi connectivity index (χ0n) is 18.4. The van der Waals surface area contributed by atoms with Crippen molar-refractivity contribution in [3.63, 3.8) is 0 Å². The number of amides is 2. The molecule has 0 radical (unpaired) electrons. The highest BCUT2D eigenvalue weighted by Gasteiger charge is 2.31. The number of likely N-dealkylation sites (tertiary alicyclic amines) is 1. The first-order chi connectivity index (χ1) is 13.9. The molecule has 1 aliphatic rings. The lowest BCUT2D eigenvalue weighted by atomic mass is 9.94. The van der Waals surface area contributed by atoms with E-state index in [1.165, 1.54) is 5.56 Å². The number of aryl methyl sites for hydroxylation is 2. The molecule has 0 bridgehead atoms. The molecule has 2 amide bonds. The van der Waals surface area contributed by atoms with Crippen LogP contribution in [0, 0.1) is 26.7 Å². The van der Waals surface area contributed by atoms with Gasteiger partial charge in [-0.3, -0.25) is 9.59 Å². The molecular weight excluding hydrogens is 362 g/mol. The van der Waals surface area contributed by atoms with E-state index in [-0.39, 0.29) is 17.7 Å². The highest BCUT2D eigenvalue weighted by molar-refractivity contribution is 5.96. The first-order valence-electron chi connectivity index (χ1n) is 10.7. The molecule has 1 aromatic heterocycles. The minimum atomic E-state index is 0.0404. The van der Waals surface area contributed by atoms with E-state index in [2.05, 4.69) is 29.7 Å². The Kier molecular flexibility index (Phi) is 6.46. The average Bonchev–Trinajstić information content (AvgIpc) is 3.02. The molecule has 0 aliphatic carbocycles. The van der Waals surface area contributed by atoms with Crippen molar-refractivity contribution in [2.75, 3.05) is 26.2 Å². The summed E-state index contributed by atoms with van der Waals surface area (Å²) in [6.07, 6.45) is 1.50. The molecule has 0 spiro atoms. The maximum atomic E-state index is 13.2. The molecule has 2 aromatic rings. The van der Waals surface area contributed by atoms with Crippen LogP contribution in [0.15, 0.2) is 30.3 Å². The highest BCUT2D eigenvalue weighted by atomic mass is 16.2. The predicted octanol–water partition coefficient (Wildman–Crippen LogP) is 4.12. The van der Waals surface area contributed by atoms with E-state index in [1.807, 2.05) is 49.6 Å². The van der Waals surface area contributed by atoms with Crippen LogP contribution in [0.5, 0.6) is 0 Å². The Labute approximate surface area is 174 Å². The second-order valence-corrected chi connectivity index (χ2v) is 8.04. The molecule has 1 aliphatic heterocycles. The number of nitrogens with zero attached hydrogens (tertiary/aromatic N) is 3. The van der Waals surface area contributed by atoms with E-state index in [1.54, 1.807) is 0 Å². The molecule has 0 saturated carbocycles. The summed E-state index contributed by atoms with van der Waals surface area (Å²) in [6, 6.07) is 10.3. The largest absolute Gasteiger partial charge is 0.343 e. The van der Waals surface area contributed by atoms with Crippen molar-refractivity contribution in [2.45, 2.75) is 47.5 Å². The van der Waals surface area contributed by atoms with Crippen LogP contribution in [0.1, 0.15) is 54.0 Å². The smallest absolute Gasteiger partial charge is 0.255 e. The van der Waals surface area contributed by atoms with Crippen LogP contribution in [0.3, 0.4) is 0 Å². The number of hydrogen-bond donors (Lipinski definition) is 0. The zero-order chi connectivity index (χ0) is 21.1. The van der Waals surface area contributed by atoms with Gasteiger partial charge in [0.15, 0.2) is 0 Å². The second-order valence-electron chi connectivity index (χ2n) is 8.04. The molecule has 5 heteroatoms. The standard InChI is InChI=1S/C24H33N3O2/c1-6-25(7-2)23(28)20-11-13-26(14-12-20)24(29)22-16-18(4)27(19(22)5)21-10-8-9-17(3)15-21/h8-10,15-16,20H,6-7,11-14H2,1-5H3. The van der Waals surface area contributed by atoms with Crippen molar-refractivity contribution in [3.05, 3.63) is 52.8 Å². The van der Waals surface area contributed by atoms with E-state index >= 15 is 0 Å². The fourth-order valence-corrected chi connectivity index (χ4v) is 4.44. The Hall–Kier alpha value is -2.56. The van der Waals surface area contributed by atoms with E-state index < -0.39 is 0 Å². The van der Waals surface area contributed by atoms with Gasteiger partial charge in [-0.05, 0) is 71.2 Å². The number of hydrogen-bond acceptors (Lipinski definition) is 2. The Balaban J connectivity index is 1.74. The van der Waals surface area contributed by atoms with Crippen molar-refractivity contribution in [1.29, 1.82) is 0 Å². The number of piperidine rings is 1. The molecule has 29 heavy (non-hydrogen) atoms. The predicted molar refractivity (Wildman–Crippen MR) is 117 cm³/mol. The molecule has 0 atom stereocenters. The summed E-state index contributed by atoms with van der Waals surface area (Å²) >= 11 is 0. The maximum absolute atomic E-state index is 13.2. The Morgan fingerprint density at radius 1 is 1.03 bits per heavy atom. The molecule has 1 fully saturated rings. The monoisotopic (exact) mass is 395 g/mol. The number of aromatic nitrogens is 1. The second kappa shape index (κ2) is 8.85. The Morgan fingerprint density at radius 2 is 1.69 bits per heavy atom. The van der Waals surface area contributed by atoms with E-state index in [0.29, 0.717) is 13.1 Å². The first-order valence-corrected chi connectivity index (χ1v) is 10.7. The molecule has 5 nitrogen and oxygen atoms in total. The lowest BCUT2D eigenvalue weighted by molar-refractivity contribution is -0.136. The lowest BCUT2D eigenvalue weighted by Gasteiger charge is -2.33. The molecule has 2 heterocycles. The van der Waals surface area contributed by atoms with Crippen LogP contribution in [0.4, 0.5) is 0 Å². The number of carbonyl (C=O) groups is 2. The van der Waals surface area contributed by atoms with Gasteiger partial charge in [-0.1, -0.05) is 12.1 Å². The molecule has 1 aromatic carbocycles. The SMILES string of the molecule is CCN(CC)C(=O)C1CCN(C(=O)c2cc(C)n(-c3cccc(C)c3)c2C)CC1. The summed E-state index contributed by atoms with van der Waals surface area (Å²) in [5, 5.41) is 0. The van der Waals surface area contributed by atoms with Crippen LogP contribution in [-0.4, -0.2) is 52.4 Å². The minimum Gasteiger partial charge on any atom is -0.343 e. The van der Waals surface area contributed by atoms with Gasteiger partial charge in [0.2, 0.25) is 5.91 Å². The fraction of sp³-hybridized carbons (Fsp3) is 0.500. The van der Waals surface area contributed by atoms with Gasteiger partial charge in [-0.25, -0.2) is 0 Å². The van der Waals surface area contributed by atoms with E-state index in [9.17, 15) is 9.59 Å². The van der Waals surface area contributed by atoms with Crippen LogP contribution < -0.4 is 0 Å². The van der Waals surface area contributed by atoms with Gasteiger partial charge < -0.3 is 14.4 Å². The maximum Gasteiger partial charge on any atom is 0.255 e. The third-order valence-corrected chi connectivity index (χ3v) is 6.13. The van der Waals surface area contributed by atoms with Crippen molar-refractivity contribution >= 4 is 11.8 Å². The van der Waals surface area contributed by atoms with Crippen LogP contribution in [-0.2, 0) is 4.79 Å². The highest BCUT2D eigenvalue weighted by Crippen LogP contribution is 2.25. The molecule has 1 saturated heterocycles. The molecule has 0 N–H and O–H groups in total. The molecule has 3 rings (SSSR count). The average molecular weight is 396 g/mol. The van der Waals surface area contributed by atoms with Crippen molar-refractivity contribution < 1.29 is 9.59 Å². The van der Waals surface area contributed by atoms with Crippen molar-refractivity contribution in [1.82, 2.24) is 14.4 Å². The Morgan fingerprint density at radius 3 is 2.28 bits per heavy atom. The zero-order valence-corrected chi connectivity index (χ0v) is 18.4. The normalized spacial score (nSPS) is 14.9. The van der Waals surface area contributed by atoms with Crippen LogP contribution in [0.2, 0.25) is 0 Å². The van der Waals surface area contributed by atoms with Gasteiger partial charge in [0.1, 0.15) is 0 Å². The molecule has 0 unspecified atom stereocenters. The number of carbonyl (C=O) groups excluding carboxylic acids is 2. The summed E-state index contributed by atoms with van der Waals surface area (Å²) < 4.78 is 2.15. The lowest BCUT2D eigenvalue weighted by Crippen LogP contribution is -2.44. The number of benzene rings is 1. The summed E-state index contributed by atoms with van der Waals surface area (Å²) in [4.78, 5) is 29.6. The van der Waals surface area contributed by atoms with Gasteiger partial charge in [0.25, 0.3) is 5.91 Å². The minimum absolute atomic E-state index is 0.0404. The van der Waals surface area contributed by atoms with Crippen LogP contribution >= 0.6 is 0 Å². The summed E-state index contributed by atoms with van der Waals surface area (Å²) in [5.74, 6) is 0.351. The van der Waals surface area contributed by atoms with Gasteiger partial charge in [0.05, 0.1) is 5.56 Å². The first kappa shape index (κ1) is 21.2. The summed E-state index contributed by atoms with van der Waals surface area (Å²) in [7, 11) is 0. The third kappa shape index (κ3) is 4.24. The van der Waals surface area contributed by atoms with E-state index in [0.717, 1.165) is 48.6 Å². The van der Waals surface area contributed by atoms with Crippen molar-refractivity contribution in [3.8, 4) is 5.69 Å².